The van der Waals surface area contributed by atoms with Crippen molar-refractivity contribution in [3.05, 3.63) is 12.2 Å². The third kappa shape index (κ3) is 12.8. The van der Waals surface area contributed by atoms with E-state index in [-0.39, 0.29) is 46.9 Å². The van der Waals surface area contributed by atoms with E-state index in [1.165, 1.54) is 6.92 Å². The van der Waals surface area contributed by atoms with Crippen molar-refractivity contribution in [3.8, 4) is 0 Å². The Balaban J connectivity index is 0.767. The largest absolute Gasteiger partial charge is 0.394 e. The van der Waals surface area contributed by atoms with Crippen molar-refractivity contribution in [2.45, 2.75) is 288 Å². The summed E-state index contributed by atoms with van der Waals surface area (Å²) in [7, 11) is 0. The molecule has 33 nitrogen and oxygen atoms in total. The van der Waals surface area contributed by atoms with Crippen LogP contribution in [0.25, 0.3) is 0 Å². The molecule has 0 aromatic carbocycles. The average Bonchev–Trinajstić information content (AvgIpc) is 1.50. The second-order valence-electron chi connectivity index (χ2n) is 29.4. The molecule has 12 rings (SSSR count). The first kappa shape index (κ1) is 73.9. The van der Waals surface area contributed by atoms with Crippen molar-refractivity contribution in [2.24, 2.45) is 46.3 Å². The van der Waals surface area contributed by atoms with Gasteiger partial charge in [-0.1, -0.05) is 32.9 Å². The lowest BCUT2D eigenvalue weighted by Gasteiger charge is -2.60. The summed E-state index contributed by atoms with van der Waals surface area (Å²) in [5.74, 6) is 0.238. The van der Waals surface area contributed by atoms with E-state index in [4.69, 9.17) is 66.3 Å². The van der Waals surface area contributed by atoms with E-state index in [1.54, 1.807) is 0 Å². The van der Waals surface area contributed by atoms with Crippen LogP contribution in [-0.2, 0) is 71.1 Å². The second kappa shape index (κ2) is 29.0. The molecule has 8 aliphatic heterocycles. The molecule has 96 heavy (non-hydrogen) atoms. The average molecular weight is 1390 g/mol. The molecule has 1 spiro atoms. The van der Waals surface area contributed by atoms with Gasteiger partial charge >= 0.3 is 0 Å². The minimum absolute atomic E-state index is 0.0270. The van der Waals surface area contributed by atoms with Gasteiger partial charge in [-0.15, -0.1) is 0 Å². The highest BCUT2D eigenvalue weighted by atomic mass is 16.8. The Morgan fingerprint density at radius 3 is 1.53 bits per heavy atom. The van der Waals surface area contributed by atoms with E-state index in [0.717, 1.165) is 31.3 Å². The predicted molar refractivity (Wildman–Crippen MR) is 312 cm³/mol. The van der Waals surface area contributed by atoms with Gasteiger partial charge in [0.1, 0.15) is 146 Å². The van der Waals surface area contributed by atoms with Crippen molar-refractivity contribution in [1.82, 2.24) is 0 Å². The Bertz CT molecular complexity index is 2640. The molecular formula is C63H100O33. The van der Waals surface area contributed by atoms with E-state index in [0.29, 0.717) is 44.6 Å². The van der Waals surface area contributed by atoms with Crippen molar-refractivity contribution >= 4 is 5.78 Å². The molecule has 550 valence electrons. The molecule has 8 saturated heterocycles. The Morgan fingerprint density at radius 2 is 0.948 bits per heavy atom. The van der Waals surface area contributed by atoms with Crippen LogP contribution in [0.1, 0.15) is 85.5 Å². The molecule has 0 aromatic heterocycles. The summed E-state index contributed by atoms with van der Waals surface area (Å²) in [4.78, 5) is 14.8. The molecule has 4 aliphatic carbocycles. The van der Waals surface area contributed by atoms with Crippen LogP contribution in [-0.4, -0.2) is 340 Å². The molecule has 4 saturated carbocycles. The van der Waals surface area contributed by atoms with Gasteiger partial charge in [-0.25, -0.2) is 0 Å². The number of carbonyl (C=O) groups excluding carboxylic acids is 1. The molecule has 12 aliphatic rings. The van der Waals surface area contributed by atoms with Crippen LogP contribution in [0.15, 0.2) is 12.2 Å². The minimum atomic E-state index is -2.29. The van der Waals surface area contributed by atoms with Crippen LogP contribution >= 0.6 is 0 Å². The van der Waals surface area contributed by atoms with Crippen LogP contribution in [0.3, 0.4) is 0 Å². The highest BCUT2D eigenvalue weighted by Gasteiger charge is 2.72. The summed E-state index contributed by atoms with van der Waals surface area (Å²) in [6.45, 7) is 7.54. The molecule has 8 heterocycles. The fraction of sp³-hybridized carbons (Fsp3) is 0.952. The number of aliphatic hydroxyl groups excluding tert-OH is 18. The number of Topliss-reactive ketones (excluding diaryl/α,β-unsaturated/α-hetero) is 1. The first-order valence-electron chi connectivity index (χ1n) is 33.8. The Kier molecular flexibility index (Phi) is 22.3. The first-order chi connectivity index (χ1) is 45.6. The number of fused-ring (bicyclic) bond motifs is 7. The maximum atomic E-state index is 14.8. The maximum absolute atomic E-state index is 14.8. The minimum Gasteiger partial charge on any atom is -0.394 e. The van der Waals surface area contributed by atoms with Crippen LogP contribution in [0.2, 0.25) is 0 Å². The third-order valence-electron chi connectivity index (χ3n) is 24.2. The standard InChI is InChI=1S/C63H100O33/c1-21-8-11-63(83-20-21)22(2)36-29(96-63)13-28-26-7-6-24-12-25(9-10-61(24,4)27(26)14-35(69)62(28,36)5)85-56-47(80)43(76)51(34(19-68)89-56)92-60-54(95-59-49(82)52(39(72)31(16-65)87-59)93-57-46(79)42(75)38(71)30(15-64)86-57)53(40(73)32(17-66)88-60)94-58-48(81)44(77)50(33(18-67)90-58)91-55-45(78)41(74)37(70)23(3)84-55/h22-34,36-60,64-68,70-82H,1,6-20H2,2-5H3. The van der Waals surface area contributed by atoms with E-state index < -0.39 is 235 Å². The van der Waals surface area contributed by atoms with Crippen molar-refractivity contribution in [2.75, 3.05) is 39.6 Å². The normalized spacial score (nSPS) is 56.1. The smallest absolute Gasteiger partial charge is 0.187 e. The van der Waals surface area contributed by atoms with Crippen LogP contribution in [0.5, 0.6) is 0 Å². The number of aliphatic hydroxyl groups is 18. The molecule has 0 amide bonds. The van der Waals surface area contributed by atoms with E-state index in [9.17, 15) is 96.7 Å². The third-order valence-corrected chi connectivity index (χ3v) is 24.2. The van der Waals surface area contributed by atoms with Gasteiger partial charge in [0, 0.05) is 30.1 Å². The monoisotopic (exact) mass is 1380 g/mol. The summed E-state index contributed by atoms with van der Waals surface area (Å²) < 4.78 is 85.2. The fourth-order valence-electron chi connectivity index (χ4n) is 18.6. The van der Waals surface area contributed by atoms with E-state index in [2.05, 4.69) is 27.4 Å². The quantitative estimate of drug-likeness (QED) is 0.0475. The summed E-state index contributed by atoms with van der Waals surface area (Å²) in [5, 5.41) is 199. The van der Waals surface area contributed by atoms with Gasteiger partial charge in [-0.05, 0) is 81.0 Å². The Labute approximate surface area is 553 Å². The molecule has 0 radical (unpaired) electrons. The fourth-order valence-corrected chi connectivity index (χ4v) is 18.6. The van der Waals surface area contributed by atoms with Crippen molar-refractivity contribution in [1.29, 1.82) is 0 Å². The van der Waals surface area contributed by atoms with Gasteiger partial charge in [-0.2, -0.15) is 0 Å². The molecule has 33 heteroatoms. The maximum Gasteiger partial charge on any atom is 0.187 e. The summed E-state index contributed by atoms with van der Waals surface area (Å²) >= 11 is 0. The van der Waals surface area contributed by atoms with Gasteiger partial charge in [0.25, 0.3) is 0 Å². The lowest BCUT2D eigenvalue weighted by atomic mass is 9.44. The van der Waals surface area contributed by atoms with Crippen molar-refractivity contribution in [3.63, 3.8) is 0 Å². The van der Waals surface area contributed by atoms with Gasteiger partial charge in [0.2, 0.25) is 0 Å². The molecule has 41 unspecified atom stereocenters. The summed E-state index contributed by atoms with van der Waals surface area (Å²) in [6, 6.07) is 0. The van der Waals surface area contributed by atoms with Crippen molar-refractivity contribution < 1.29 is 163 Å². The van der Waals surface area contributed by atoms with Gasteiger partial charge < -0.3 is 158 Å². The number of rotatable bonds is 17. The molecule has 0 aromatic rings. The number of hydrogen-bond donors (Lipinski definition) is 18. The van der Waals surface area contributed by atoms with Crippen LogP contribution < -0.4 is 0 Å². The topological polar surface area (TPSA) is 510 Å². The highest BCUT2D eigenvalue weighted by Crippen LogP contribution is 2.70. The predicted octanol–water partition coefficient (Wildman–Crippen LogP) is -7.13. The molecule has 18 N–H and O–H groups in total. The molecule has 41 atom stereocenters. The lowest BCUT2D eigenvalue weighted by Crippen LogP contribution is -2.69. The number of carbonyl (C=O) groups is 1. The highest BCUT2D eigenvalue weighted by molar-refractivity contribution is 5.87. The zero-order chi connectivity index (χ0) is 69.1. The second-order valence-corrected chi connectivity index (χ2v) is 29.4. The Hall–Kier alpha value is -1.87. The zero-order valence-electron chi connectivity index (χ0n) is 53.9. The molecule has 0 bridgehead atoms. The molecular weight excluding hydrogens is 1280 g/mol. The number of ether oxygens (including phenoxy) is 14. The van der Waals surface area contributed by atoms with E-state index >= 15 is 0 Å². The van der Waals surface area contributed by atoms with E-state index in [1.807, 2.05) is 0 Å². The Morgan fingerprint density at radius 1 is 0.469 bits per heavy atom. The van der Waals surface area contributed by atoms with Gasteiger partial charge in [0.05, 0.1) is 58.0 Å². The van der Waals surface area contributed by atoms with Gasteiger partial charge in [0.15, 0.2) is 43.5 Å². The zero-order valence-corrected chi connectivity index (χ0v) is 53.9. The number of hydrogen-bond acceptors (Lipinski definition) is 33. The molecule has 12 fully saturated rings. The lowest BCUT2D eigenvalue weighted by molar-refractivity contribution is -0.414. The van der Waals surface area contributed by atoms with Gasteiger partial charge in [-0.3, -0.25) is 4.79 Å². The summed E-state index contributed by atoms with van der Waals surface area (Å²) in [5.41, 5.74) is 0.232. The van der Waals surface area contributed by atoms with Crippen LogP contribution in [0.4, 0.5) is 0 Å². The summed E-state index contributed by atoms with van der Waals surface area (Å²) in [6.07, 6.45) is -52.0. The van der Waals surface area contributed by atoms with Crippen LogP contribution in [0, 0.1) is 46.3 Å². The number of ketones is 1. The first-order valence-corrected chi connectivity index (χ1v) is 33.8. The SMILES string of the molecule is C=C1CCC2(OC1)OC1CC3C4CCC5CC(OC6OC(CO)C(OC7OC(CO)C(O)C(OC8OC(CO)C(OC9OC(C)C(O)C(O)C9O)C(O)C8O)C7OC7OC(CO)C(O)C(OC8OC(CO)C(O)C(O)C8O)C7O)C(O)C6O)CCC5(C)C4CC(=O)C3(C)C1C2C.